The van der Waals surface area contributed by atoms with Gasteiger partial charge in [0.25, 0.3) is 0 Å². The van der Waals surface area contributed by atoms with Crippen molar-refractivity contribution in [3.8, 4) is 0 Å². The monoisotopic (exact) mass is 311 g/mol. The molecule has 122 valence electrons. The van der Waals surface area contributed by atoms with Crippen molar-refractivity contribution in [2.24, 2.45) is 5.92 Å². The van der Waals surface area contributed by atoms with Crippen molar-refractivity contribution in [2.75, 3.05) is 11.4 Å². The quantitative estimate of drug-likeness (QED) is 0.729. The molecule has 0 aromatic carbocycles. The summed E-state index contributed by atoms with van der Waals surface area (Å²) in [4.78, 5) is 8.82. The van der Waals surface area contributed by atoms with Crippen LogP contribution in [0.15, 0.2) is 0 Å². The molecule has 0 unspecified atom stereocenters. The minimum atomic E-state index is 0.499. The fraction of sp³-hybridized carbons (Fsp3) is 0.824. The van der Waals surface area contributed by atoms with Crippen molar-refractivity contribution in [1.29, 1.82) is 0 Å². The third-order valence-electron chi connectivity index (χ3n) is 3.36. The summed E-state index contributed by atoms with van der Waals surface area (Å²) in [5.41, 5.74) is 1.29. The van der Waals surface area contributed by atoms with E-state index < -0.39 is 0 Å². The lowest BCUT2D eigenvalue weighted by Crippen LogP contribution is -2.34. The second-order valence-electron chi connectivity index (χ2n) is 6.79. The first kappa shape index (κ1) is 18.4. The van der Waals surface area contributed by atoms with Crippen LogP contribution >= 0.6 is 11.3 Å². The third kappa shape index (κ3) is 5.95. The molecule has 0 aliphatic rings. The average Bonchev–Trinajstić information content (AvgIpc) is 2.76. The number of aromatic nitrogens is 1. The third-order valence-corrected chi connectivity index (χ3v) is 4.49. The first-order valence-corrected chi connectivity index (χ1v) is 9.15. The van der Waals surface area contributed by atoms with Crippen LogP contribution in [-0.2, 0) is 13.0 Å². The minimum absolute atomic E-state index is 0.499. The largest absolute Gasteiger partial charge is 0.345 e. The molecule has 1 aromatic heterocycles. The molecular formula is C17H33N3S. The summed E-state index contributed by atoms with van der Waals surface area (Å²) in [6.07, 6.45) is 2.24. The summed E-state index contributed by atoms with van der Waals surface area (Å²) in [5, 5.41) is 4.73. The molecule has 1 aromatic rings. The van der Waals surface area contributed by atoms with Crippen LogP contribution in [0.25, 0.3) is 0 Å². The number of nitrogens with zero attached hydrogens (tertiary/aromatic N) is 2. The molecule has 0 aliphatic heterocycles. The normalized spacial score (nSPS) is 11.9. The first-order valence-electron chi connectivity index (χ1n) is 8.33. The lowest BCUT2D eigenvalue weighted by atomic mass is 10.2. The van der Waals surface area contributed by atoms with E-state index in [9.17, 15) is 0 Å². The van der Waals surface area contributed by atoms with Gasteiger partial charge in [-0.1, -0.05) is 41.0 Å². The van der Waals surface area contributed by atoms with E-state index in [2.05, 4.69) is 58.7 Å². The van der Waals surface area contributed by atoms with Crippen molar-refractivity contribution in [2.45, 2.75) is 79.9 Å². The molecule has 4 heteroatoms. The van der Waals surface area contributed by atoms with Gasteiger partial charge in [-0.05, 0) is 26.2 Å². The molecule has 0 amide bonds. The Morgan fingerprint density at radius 2 is 1.81 bits per heavy atom. The zero-order valence-corrected chi connectivity index (χ0v) is 15.7. The lowest BCUT2D eigenvalue weighted by Gasteiger charge is -2.27. The van der Waals surface area contributed by atoms with E-state index in [0.717, 1.165) is 25.9 Å². The summed E-state index contributed by atoms with van der Waals surface area (Å²) in [5.74, 6) is 0.656. The number of rotatable bonds is 9. The van der Waals surface area contributed by atoms with Gasteiger partial charge < -0.3 is 10.2 Å². The molecule has 3 nitrogen and oxygen atoms in total. The van der Waals surface area contributed by atoms with Gasteiger partial charge in [0.1, 0.15) is 0 Å². The Morgan fingerprint density at radius 1 is 1.14 bits per heavy atom. The summed E-state index contributed by atoms with van der Waals surface area (Å²) in [6, 6.07) is 1.01. The highest BCUT2D eigenvalue weighted by molar-refractivity contribution is 7.15. The van der Waals surface area contributed by atoms with E-state index in [1.54, 1.807) is 0 Å². The molecule has 0 radical (unpaired) electrons. The fourth-order valence-electron chi connectivity index (χ4n) is 2.26. The Bertz CT molecular complexity index is 410. The molecular weight excluding hydrogens is 278 g/mol. The maximum Gasteiger partial charge on any atom is 0.186 e. The second kappa shape index (κ2) is 8.74. The van der Waals surface area contributed by atoms with Crippen LogP contribution in [0.2, 0.25) is 0 Å². The number of hydrogen-bond acceptors (Lipinski definition) is 4. The van der Waals surface area contributed by atoms with Crippen LogP contribution in [-0.4, -0.2) is 23.6 Å². The predicted octanol–water partition coefficient (Wildman–Crippen LogP) is 4.46. The molecule has 21 heavy (non-hydrogen) atoms. The molecule has 1 heterocycles. The standard InChI is InChI=1S/C17H33N3S/c1-8-9-15-16(10-18-13(4)5)21-17(19-15)20(14(6)7)11-12(2)3/h12-14,18H,8-11H2,1-7H3. The van der Waals surface area contributed by atoms with E-state index in [1.807, 2.05) is 11.3 Å². The van der Waals surface area contributed by atoms with Gasteiger partial charge in [-0.25, -0.2) is 4.98 Å². The maximum absolute atomic E-state index is 4.96. The van der Waals surface area contributed by atoms with E-state index in [-0.39, 0.29) is 0 Å². The van der Waals surface area contributed by atoms with E-state index in [0.29, 0.717) is 18.0 Å². The predicted molar refractivity (Wildman–Crippen MR) is 95.4 cm³/mol. The molecule has 1 N–H and O–H groups in total. The van der Waals surface area contributed by atoms with E-state index in [1.165, 1.54) is 15.7 Å². The van der Waals surface area contributed by atoms with Gasteiger partial charge in [0, 0.05) is 30.1 Å². The number of nitrogens with one attached hydrogen (secondary N) is 1. The summed E-state index contributed by atoms with van der Waals surface area (Å²) in [7, 11) is 0. The number of hydrogen-bond donors (Lipinski definition) is 1. The van der Waals surface area contributed by atoms with Gasteiger partial charge >= 0.3 is 0 Å². The van der Waals surface area contributed by atoms with Gasteiger partial charge in [0.15, 0.2) is 5.13 Å². The van der Waals surface area contributed by atoms with Crippen LogP contribution in [0.4, 0.5) is 5.13 Å². The van der Waals surface area contributed by atoms with Crippen molar-refractivity contribution in [3.05, 3.63) is 10.6 Å². The highest BCUT2D eigenvalue weighted by Gasteiger charge is 2.19. The zero-order valence-electron chi connectivity index (χ0n) is 14.9. The van der Waals surface area contributed by atoms with Crippen molar-refractivity contribution in [3.63, 3.8) is 0 Å². The topological polar surface area (TPSA) is 28.2 Å². The summed E-state index contributed by atoms with van der Waals surface area (Å²) >= 11 is 1.87. The molecule has 1 rings (SSSR count). The van der Waals surface area contributed by atoms with Crippen molar-refractivity contribution >= 4 is 16.5 Å². The van der Waals surface area contributed by atoms with Crippen LogP contribution < -0.4 is 10.2 Å². The van der Waals surface area contributed by atoms with Crippen LogP contribution in [0, 0.1) is 5.92 Å². The van der Waals surface area contributed by atoms with Gasteiger partial charge in [-0.15, -0.1) is 11.3 Å². The molecule has 0 spiro atoms. The number of aryl methyl sites for hydroxylation is 1. The fourth-order valence-corrected chi connectivity index (χ4v) is 3.46. The average molecular weight is 312 g/mol. The second-order valence-corrected chi connectivity index (χ2v) is 7.85. The van der Waals surface area contributed by atoms with Crippen molar-refractivity contribution in [1.82, 2.24) is 10.3 Å². The van der Waals surface area contributed by atoms with Crippen LogP contribution in [0.3, 0.4) is 0 Å². The molecule has 0 atom stereocenters. The number of thiazole rings is 1. The molecule has 0 aliphatic carbocycles. The zero-order chi connectivity index (χ0) is 16.0. The Labute approximate surface area is 135 Å². The van der Waals surface area contributed by atoms with Gasteiger partial charge in [0.2, 0.25) is 0 Å². The smallest absolute Gasteiger partial charge is 0.186 e. The van der Waals surface area contributed by atoms with E-state index >= 15 is 0 Å². The van der Waals surface area contributed by atoms with Gasteiger partial charge in [0.05, 0.1) is 5.69 Å². The Hall–Kier alpha value is -0.610. The van der Waals surface area contributed by atoms with Gasteiger partial charge in [-0.3, -0.25) is 0 Å². The number of anilines is 1. The molecule has 0 fully saturated rings. The summed E-state index contributed by atoms with van der Waals surface area (Å²) in [6.45, 7) is 17.7. The highest BCUT2D eigenvalue weighted by Crippen LogP contribution is 2.29. The Balaban J connectivity index is 2.97. The van der Waals surface area contributed by atoms with Crippen LogP contribution in [0.1, 0.15) is 65.5 Å². The molecule has 0 bridgehead atoms. The molecule has 0 saturated carbocycles. The lowest BCUT2D eigenvalue weighted by molar-refractivity contribution is 0.569. The highest BCUT2D eigenvalue weighted by atomic mass is 32.1. The Kier molecular flexibility index (Phi) is 7.67. The van der Waals surface area contributed by atoms with Gasteiger partial charge in [-0.2, -0.15) is 0 Å². The minimum Gasteiger partial charge on any atom is -0.345 e. The first-order chi connectivity index (χ1) is 9.85. The Morgan fingerprint density at radius 3 is 2.29 bits per heavy atom. The summed E-state index contributed by atoms with van der Waals surface area (Å²) < 4.78 is 0. The SMILES string of the molecule is CCCc1nc(N(CC(C)C)C(C)C)sc1CNC(C)C. The van der Waals surface area contributed by atoms with Crippen LogP contribution in [0.5, 0.6) is 0 Å². The van der Waals surface area contributed by atoms with E-state index in [4.69, 9.17) is 4.98 Å². The van der Waals surface area contributed by atoms with Crippen molar-refractivity contribution < 1.29 is 0 Å². The maximum atomic E-state index is 4.96. The molecule has 0 saturated heterocycles.